The van der Waals surface area contributed by atoms with Crippen LogP contribution < -0.4 is 0 Å². The Kier molecular flexibility index (Phi) is 3.70. The lowest BCUT2D eigenvalue weighted by Crippen LogP contribution is -2.17. The van der Waals surface area contributed by atoms with Gasteiger partial charge in [0.2, 0.25) is 0 Å². The lowest BCUT2D eigenvalue weighted by atomic mass is 10.2. The van der Waals surface area contributed by atoms with Crippen LogP contribution in [0, 0.1) is 6.92 Å². The summed E-state index contributed by atoms with van der Waals surface area (Å²) in [5.74, 6) is 0. The summed E-state index contributed by atoms with van der Waals surface area (Å²) in [7, 11) is 1.00. The maximum atomic E-state index is 12.1. The van der Waals surface area contributed by atoms with Crippen molar-refractivity contribution >= 4 is 0 Å². The molecule has 0 spiro atoms. The van der Waals surface area contributed by atoms with Gasteiger partial charge in [-0.1, -0.05) is 13.3 Å². The van der Waals surface area contributed by atoms with E-state index in [1.807, 2.05) is 0 Å². The number of hydrogen-bond donors (Lipinski definition) is 0. The average Bonchev–Trinajstić information content (AvgIpc) is 1.84. The van der Waals surface area contributed by atoms with Crippen LogP contribution in [0.2, 0.25) is 0 Å². The summed E-state index contributed by atoms with van der Waals surface area (Å²) in [6.07, 6.45) is -2.25. The summed E-state index contributed by atoms with van der Waals surface area (Å²) < 4.78 is 28.1. The highest BCUT2D eigenvalue weighted by Gasteiger charge is 2.26. The van der Waals surface area contributed by atoms with Gasteiger partial charge in [-0.3, -0.25) is 0 Å². The van der Waals surface area contributed by atoms with Crippen molar-refractivity contribution in [2.75, 3.05) is 7.11 Å². The number of ether oxygens (including phenoxy) is 1. The molecule has 0 aliphatic carbocycles. The van der Waals surface area contributed by atoms with E-state index in [0.29, 0.717) is 12.8 Å². The first-order chi connectivity index (χ1) is 4.12. The Balaban J connectivity index is 3.33. The van der Waals surface area contributed by atoms with Gasteiger partial charge in [0.25, 0.3) is 0 Å². The summed E-state index contributed by atoms with van der Waals surface area (Å²) in [6, 6.07) is 0. The van der Waals surface area contributed by atoms with Crippen molar-refractivity contribution in [3.63, 3.8) is 0 Å². The number of unbranched alkanes of at least 4 members (excludes halogenated alkanes) is 1. The Hall–Kier alpha value is -0.180. The Morgan fingerprint density at radius 1 is 1.56 bits per heavy atom. The molecular formula is C6H11F2O. The summed E-state index contributed by atoms with van der Waals surface area (Å²) in [6.45, 7) is 3.43. The highest BCUT2D eigenvalue weighted by atomic mass is 19.3. The molecule has 0 aromatic heterocycles. The zero-order chi connectivity index (χ0) is 7.33. The van der Waals surface area contributed by atoms with Gasteiger partial charge in [0, 0.05) is 13.5 Å². The third-order valence-corrected chi connectivity index (χ3v) is 1.02. The zero-order valence-electron chi connectivity index (χ0n) is 5.49. The monoisotopic (exact) mass is 137 g/mol. The predicted molar refractivity (Wildman–Crippen MR) is 31.2 cm³/mol. The van der Waals surface area contributed by atoms with Gasteiger partial charge in [-0.15, -0.1) is 0 Å². The molecule has 0 fully saturated rings. The van der Waals surface area contributed by atoms with Gasteiger partial charge in [-0.2, -0.15) is 8.78 Å². The van der Waals surface area contributed by atoms with E-state index in [0.717, 1.165) is 7.11 Å². The van der Waals surface area contributed by atoms with Crippen LogP contribution in [0.1, 0.15) is 19.3 Å². The Bertz CT molecular complexity index is 73.5. The minimum atomic E-state index is -2.95. The molecule has 0 amide bonds. The van der Waals surface area contributed by atoms with Crippen LogP contribution in [0.4, 0.5) is 8.78 Å². The van der Waals surface area contributed by atoms with Gasteiger partial charge >= 0.3 is 6.11 Å². The van der Waals surface area contributed by atoms with Crippen LogP contribution >= 0.6 is 0 Å². The lowest BCUT2D eigenvalue weighted by Gasteiger charge is -2.11. The van der Waals surface area contributed by atoms with Crippen LogP contribution in [0.15, 0.2) is 0 Å². The highest BCUT2D eigenvalue weighted by Crippen LogP contribution is 2.20. The number of alkyl halides is 2. The molecule has 0 unspecified atom stereocenters. The van der Waals surface area contributed by atoms with E-state index in [1.165, 1.54) is 0 Å². The molecule has 0 aliphatic heterocycles. The van der Waals surface area contributed by atoms with Gasteiger partial charge in [0.15, 0.2) is 0 Å². The second kappa shape index (κ2) is 3.77. The van der Waals surface area contributed by atoms with Crippen molar-refractivity contribution in [2.45, 2.75) is 25.4 Å². The zero-order valence-corrected chi connectivity index (χ0v) is 5.49. The van der Waals surface area contributed by atoms with Gasteiger partial charge in [-0.25, -0.2) is 0 Å². The maximum Gasteiger partial charge on any atom is 0.355 e. The average molecular weight is 137 g/mol. The molecule has 55 valence electrons. The first kappa shape index (κ1) is 8.82. The predicted octanol–water partition coefficient (Wildman–Crippen LogP) is 2.23. The van der Waals surface area contributed by atoms with Crippen molar-refractivity contribution in [3.8, 4) is 0 Å². The van der Waals surface area contributed by atoms with Crippen LogP contribution in [-0.2, 0) is 4.74 Å². The molecule has 0 saturated heterocycles. The fraction of sp³-hybridized carbons (Fsp3) is 0.833. The smallest absolute Gasteiger partial charge is 0.324 e. The first-order valence-corrected chi connectivity index (χ1v) is 2.84. The fourth-order valence-electron chi connectivity index (χ4n) is 0.433. The van der Waals surface area contributed by atoms with Gasteiger partial charge in [-0.05, 0) is 6.42 Å². The number of hydrogen-bond acceptors (Lipinski definition) is 1. The van der Waals surface area contributed by atoms with E-state index in [2.05, 4.69) is 11.7 Å². The van der Waals surface area contributed by atoms with Crippen molar-refractivity contribution in [3.05, 3.63) is 6.92 Å². The molecule has 0 aromatic rings. The molecule has 0 heterocycles. The molecule has 3 heteroatoms. The van der Waals surface area contributed by atoms with Gasteiger partial charge in [0.05, 0.1) is 0 Å². The molecule has 9 heavy (non-hydrogen) atoms. The van der Waals surface area contributed by atoms with Crippen LogP contribution in [0.25, 0.3) is 0 Å². The number of methoxy groups -OCH3 is 1. The molecule has 0 atom stereocenters. The van der Waals surface area contributed by atoms with Crippen molar-refractivity contribution in [2.24, 2.45) is 0 Å². The molecular weight excluding hydrogens is 126 g/mol. The summed E-state index contributed by atoms with van der Waals surface area (Å²) >= 11 is 0. The van der Waals surface area contributed by atoms with Gasteiger partial charge in [0.1, 0.15) is 0 Å². The second-order valence-corrected chi connectivity index (χ2v) is 1.80. The molecule has 0 bridgehead atoms. The first-order valence-electron chi connectivity index (χ1n) is 2.84. The second-order valence-electron chi connectivity index (χ2n) is 1.80. The fourth-order valence-corrected chi connectivity index (χ4v) is 0.433. The summed E-state index contributed by atoms with van der Waals surface area (Å²) in [5, 5.41) is 0. The van der Waals surface area contributed by atoms with E-state index < -0.39 is 6.11 Å². The Morgan fingerprint density at radius 3 is 2.44 bits per heavy atom. The minimum absolute atomic E-state index is 0.229. The minimum Gasteiger partial charge on any atom is -0.324 e. The van der Waals surface area contributed by atoms with Crippen LogP contribution in [0.3, 0.4) is 0 Å². The van der Waals surface area contributed by atoms with Crippen LogP contribution in [-0.4, -0.2) is 13.2 Å². The molecule has 0 saturated carbocycles. The van der Waals surface area contributed by atoms with Gasteiger partial charge < -0.3 is 4.74 Å². The molecule has 0 rings (SSSR count). The Morgan fingerprint density at radius 2 is 2.11 bits per heavy atom. The molecule has 0 aliphatic rings. The topological polar surface area (TPSA) is 9.23 Å². The molecule has 0 aromatic carbocycles. The van der Waals surface area contributed by atoms with Crippen molar-refractivity contribution in [1.29, 1.82) is 0 Å². The van der Waals surface area contributed by atoms with Crippen molar-refractivity contribution in [1.82, 2.24) is 0 Å². The largest absolute Gasteiger partial charge is 0.355 e. The molecule has 1 nitrogen and oxygen atoms in total. The molecule has 1 radical (unpaired) electrons. The van der Waals surface area contributed by atoms with E-state index in [-0.39, 0.29) is 6.42 Å². The normalized spacial score (nSPS) is 12.0. The van der Waals surface area contributed by atoms with E-state index in [4.69, 9.17) is 0 Å². The van der Waals surface area contributed by atoms with Crippen LogP contribution in [0.5, 0.6) is 0 Å². The third kappa shape index (κ3) is 4.33. The van der Waals surface area contributed by atoms with Crippen molar-refractivity contribution < 1.29 is 13.5 Å². The highest BCUT2D eigenvalue weighted by molar-refractivity contribution is 4.52. The standard InChI is InChI=1S/C6H11F2O/c1-3-4-5-6(7,8)9-2/h1,3-5H2,2H3. The lowest BCUT2D eigenvalue weighted by molar-refractivity contribution is -0.225. The third-order valence-electron chi connectivity index (χ3n) is 1.02. The maximum absolute atomic E-state index is 12.1. The Labute approximate surface area is 54.0 Å². The molecule has 0 N–H and O–H groups in total. The number of halogens is 2. The van der Waals surface area contributed by atoms with E-state index in [1.54, 1.807) is 0 Å². The quantitative estimate of drug-likeness (QED) is 0.577. The SMILES string of the molecule is [CH2]CCCC(F)(F)OC. The van der Waals surface area contributed by atoms with E-state index in [9.17, 15) is 8.78 Å². The number of rotatable bonds is 4. The summed E-state index contributed by atoms with van der Waals surface area (Å²) in [5.41, 5.74) is 0. The summed E-state index contributed by atoms with van der Waals surface area (Å²) in [4.78, 5) is 0. The van der Waals surface area contributed by atoms with E-state index >= 15 is 0 Å².